The van der Waals surface area contributed by atoms with E-state index in [1.54, 1.807) is 0 Å². The van der Waals surface area contributed by atoms with Crippen LogP contribution in [0.5, 0.6) is 5.75 Å². The zero-order chi connectivity index (χ0) is 18.4. The van der Waals surface area contributed by atoms with Crippen LogP contribution < -0.4 is 4.74 Å². The summed E-state index contributed by atoms with van der Waals surface area (Å²) in [6, 6.07) is 7.72. The quantitative estimate of drug-likeness (QED) is 0.802. The molecule has 1 aromatic rings. The maximum Gasteiger partial charge on any atom is 0.250 e. The highest BCUT2D eigenvalue weighted by Crippen LogP contribution is 2.28. The second-order valence-electron chi connectivity index (χ2n) is 7.60. The number of ether oxygens (including phenoxy) is 1. The number of likely N-dealkylation sites (tertiary alicyclic amines) is 2. The first-order valence-electron chi connectivity index (χ1n) is 9.72. The standard InChI is InChI=1S/C20H30F2N2O2/c21-20(22)8-12-24(13-9-20)14-17-4-6-19(7-5-17)26-16-18(25)15-23-10-2-1-3-11-23/h4-7,18,25H,1-3,8-16H2. The van der Waals surface area contributed by atoms with E-state index in [1.807, 2.05) is 24.3 Å². The molecule has 2 aliphatic rings. The van der Waals surface area contributed by atoms with Crippen molar-refractivity contribution in [2.24, 2.45) is 0 Å². The molecule has 0 aromatic heterocycles. The minimum absolute atomic E-state index is 0.0525. The molecule has 26 heavy (non-hydrogen) atoms. The van der Waals surface area contributed by atoms with Crippen LogP contribution in [0.15, 0.2) is 24.3 Å². The van der Waals surface area contributed by atoms with E-state index in [2.05, 4.69) is 9.80 Å². The van der Waals surface area contributed by atoms with Gasteiger partial charge in [-0.1, -0.05) is 18.6 Å². The van der Waals surface area contributed by atoms with Crippen molar-refractivity contribution in [3.8, 4) is 5.75 Å². The van der Waals surface area contributed by atoms with Gasteiger partial charge in [0.25, 0.3) is 5.92 Å². The lowest BCUT2D eigenvalue weighted by Crippen LogP contribution is -2.38. The molecular formula is C20H30F2N2O2. The average Bonchev–Trinajstić information content (AvgIpc) is 2.64. The van der Waals surface area contributed by atoms with Crippen LogP contribution in [-0.2, 0) is 6.54 Å². The molecule has 2 saturated heterocycles. The SMILES string of the molecule is OC(COc1ccc(CN2CCC(F)(F)CC2)cc1)CN1CCCCC1. The molecule has 1 aromatic carbocycles. The van der Waals surface area contributed by atoms with Crippen LogP contribution in [0, 0.1) is 0 Å². The summed E-state index contributed by atoms with van der Waals surface area (Å²) < 4.78 is 32.1. The summed E-state index contributed by atoms with van der Waals surface area (Å²) in [5.74, 6) is -1.76. The van der Waals surface area contributed by atoms with Crippen molar-refractivity contribution in [2.45, 2.75) is 50.7 Å². The second kappa shape index (κ2) is 9.11. The largest absolute Gasteiger partial charge is 0.491 e. The van der Waals surface area contributed by atoms with Gasteiger partial charge >= 0.3 is 0 Å². The third-order valence-corrected chi connectivity index (χ3v) is 5.28. The lowest BCUT2D eigenvalue weighted by molar-refractivity contribution is -0.0566. The van der Waals surface area contributed by atoms with Gasteiger partial charge in [-0.15, -0.1) is 0 Å². The Morgan fingerprint density at radius 1 is 0.962 bits per heavy atom. The Labute approximate surface area is 154 Å². The lowest BCUT2D eigenvalue weighted by Gasteiger charge is -2.31. The average molecular weight is 368 g/mol. The number of halogens is 2. The number of aliphatic hydroxyl groups is 1. The fourth-order valence-corrected chi connectivity index (χ4v) is 3.67. The van der Waals surface area contributed by atoms with Gasteiger partial charge in [-0.25, -0.2) is 8.78 Å². The molecular weight excluding hydrogens is 338 g/mol. The highest BCUT2D eigenvalue weighted by molar-refractivity contribution is 5.27. The minimum Gasteiger partial charge on any atom is -0.491 e. The molecule has 0 bridgehead atoms. The van der Waals surface area contributed by atoms with Gasteiger partial charge in [-0.05, 0) is 43.6 Å². The highest BCUT2D eigenvalue weighted by Gasteiger charge is 2.33. The Balaban J connectivity index is 1.38. The molecule has 2 heterocycles. The first-order chi connectivity index (χ1) is 12.5. The molecule has 3 rings (SSSR count). The zero-order valence-electron chi connectivity index (χ0n) is 15.4. The Morgan fingerprint density at radius 2 is 1.62 bits per heavy atom. The van der Waals surface area contributed by atoms with Crippen molar-refractivity contribution < 1.29 is 18.6 Å². The van der Waals surface area contributed by atoms with Crippen molar-refractivity contribution >= 4 is 0 Å². The molecule has 1 N–H and O–H groups in total. The number of aliphatic hydroxyl groups excluding tert-OH is 1. The summed E-state index contributed by atoms with van der Waals surface area (Å²) in [5.41, 5.74) is 1.09. The van der Waals surface area contributed by atoms with Crippen LogP contribution in [-0.4, -0.2) is 66.3 Å². The number of hydrogen-bond acceptors (Lipinski definition) is 4. The molecule has 4 nitrogen and oxygen atoms in total. The molecule has 0 amide bonds. The molecule has 1 unspecified atom stereocenters. The Kier molecular flexibility index (Phi) is 6.84. The lowest BCUT2D eigenvalue weighted by atomic mass is 10.1. The van der Waals surface area contributed by atoms with Crippen molar-refractivity contribution in [1.29, 1.82) is 0 Å². The third-order valence-electron chi connectivity index (χ3n) is 5.28. The molecule has 146 valence electrons. The topological polar surface area (TPSA) is 35.9 Å². The van der Waals surface area contributed by atoms with Crippen LogP contribution >= 0.6 is 0 Å². The van der Waals surface area contributed by atoms with Gasteiger partial charge in [0.2, 0.25) is 0 Å². The predicted octanol–water partition coefficient (Wildman–Crippen LogP) is 3.14. The van der Waals surface area contributed by atoms with Crippen LogP contribution in [0.1, 0.15) is 37.7 Å². The van der Waals surface area contributed by atoms with Gasteiger partial charge in [0.1, 0.15) is 18.5 Å². The first kappa shape index (κ1) is 19.5. The van der Waals surface area contributed by atoms with Crippen LogP contribution in [0.25, 0.3) is 0 Å². The number of hydrogen-bond donors (Lipinski definition) is 1. The van der Waals surface area contributed by atoms with E-state index in [-0.39, 0.29) is 19.4 Å². The number of β-amino-alcohol motifs (C(OH)–C–C–N with tert-alkyl or cyclic N) is 1. The van der Waals surface area contributed by atoms with Gasteiger partial charge < -0.3 is 14.7 Å². The molecule has 0 radical (unpaired) electrons. The van der Waals surface area contributed by atoms with Gasteiger partial charge in [0, 0.05) is 39.0 Å². The number of rotatable bonds is 7. The smallest absolute Gasteiger partial charge is 0.250 e. The van der Waals surface area contributed by atoms with Crippen LogP contribution in [0.4, 0.5) is 8.78 Å². The summed E-state index contributed by atoms with van der Waals surface area (Å²) >= 11 is 0. The summed E-state index contributed by atoms with van der Waals surface area (Å²) in [6.45, 7) is 4.65. The Bertz CT molecular complexity index is 537. The fraction of sp³-hybridized carbons (Fsp3) is 0.700. The van der Waals surface area contributed by atoms with Gasteiger partial charge in [-0.3, -0.25) is 4.90 Å². The Morgan fingerprint density at radius 3 is 2.27 bits per heavy atom. The Hall–Kier alpha value is -1.24. The normalized spacial score (nSPS) is 22.9. The summed E-state index contributed by atoms with van der Waals surface area (Å²) in [7, 11) is 0. The molecule has 2 aliphatic heterocycles. The molecule has 0 aliphatic carbocycles. The van der Waals surface area contributed by atoms with E-state index < -0.39 is 12.0 Å². The maximum atomic E-state index is 13.2. The van der Waals surface area contributed by atoms with Gasteiger partial charge in [0.15, 0.2) is 0 Å². The predicted molar refractivity (Wildman–Crippen MR) is 97.7 cm³/mol. The molecule has 1 atom stereocenters. The first-order valence-corrected chi connectivity index (χ1v) is 9.72. The maximum absolute atomic E-state index is 13.2. The van der Waals surface area contributed by atoms with Gasteiger partial charge in [0.05, 0.1) is 0 Å². The van der Waals surface area contributed by atoms with Crippen molar-refractivity contribution in [3.63, 3.8) is 0 Å². The van der Waals surface area contributed by atoms with E-state index in [9.17, 15) is 13.9 Å². The number of piperidine rings is 2. The van der Waals surface area contributed by atoms with Crippen molar-refractivity contribution in [1.82, 2.24) is 9.80 Å². The van der Waals surface area contributed by atoms with Gasteiger partial charge in [-0.2, -0.15) is 0 Å². The number of benzene rings is 1. The van der Waals surface area contributed by atoms with E-state index in [0.717, 1.165) is 24.4 Å². The molecule has 2 fully saturated rings. The number of nitrogens with zero attached hydrogens (tertiary/aromatic N) is 2. The fourth-order valence-electron chi connectivity index (χ4n) is 3.67. The summed E-state index contributed by atoms with van der Waals surface area (Å²) in [6.07, 6.45) is 3.12. The number of alkyl halides is 2. The van der Waals surface area contributed by atoms with Crippen LogP contribution in [0.2, 0.25) is 0 Å². The summed E-state index contributed by atoms with van der Waals surface area (Å²) in [4.78, 5) is 4.36. The highest BCUT2D eigenvalue weighted by atomic mass is 19.3. The van der Waals surface area contributed by atoms with Crippen molar-refractivity contribution in [3.05, 3.63) is 29.8 Å². The van der Waals surface area contributed by atoms with Crippen molar-refractivity contribution in [2.75, 3.05) is 39.3 Å². The van der Waals surface area contributed by atoms with E-state index in [1.165, 1.54) is 19.3 Å². The van der Waals surface area contributed by atoms with E-state index >= 15 is 0 Å². The monoisotopic (exact) mass is 368 g/mol. The third kappa shape index (κ3) is 6.18. The van der Waals surface area contributed by atoms with E-state index in [0.29, 0.717) is 26.2 Å². The van der Waals surface area contributed by atoms with E-state index in [4.69, 9.17) is 4.74 Å². The molecule has 0 saturated carbocycles. The van der Waals surface area contributed by atoms with Crippen LogP contribution in [0.3, 0.4) is 0 Å². The molecule has 0 spiro atoms. The minimum atomic E-state index is -2.50. The molecule has 6 heteroatoms. The summed E-state index contributed by atoms with van der Waals surface area (Å²) in [5, 5.41) is 10.1. The second-order valence-corrected chi connectivity index (χ2v) is 7.60. The zero-order valence-corrected chi connectivity index (χ0v) is 15.4.